The summed E-state index contributed by atoms with van der Waals surface area (Å²) in [6.07, 6.45) is 0. The minimum Gasteiger partial charge on any atom is -0.341 e. The van der Waals surface area contributed by atoms with Crippen molar-refractivity contribution < 1.29 is 4.79 Å². The zero-order valence-electron chi connectivity index (χ0n) is 16.9. The normalized spacial score (nSPS) is 10.9. The number of rotatable bonds is 7. The molecule has 0 bridgehead atoms. The van der Waals surface area contributed by atoms with Crippen molar-refractivity contribution in [1.29, 1.82) is 0 Å². The summed E-state index contributed by atoms with van der Waals surface area (Å²) in [5, 5.41) is 13.6. The van der Waals surface area contributed by atoms with Gasteiger partial charge in [-0.25, -0.2) is 0 Å². The number of thiophene rings is 1. The maximum absolute atomic E-state index is 12.7. The fraction of sp³-hybridized carbons (Fsp3) is 0.174. The van der Waals surface area contributed by atoms with Gasteiger partial charge in [-0.3, -0.25) is 9.36 Å². The summed E-state index contributed by atoms with van der Waals surface area (Å²) in [6.45, 7) is 2.68. The molecule has 0 aliphatic carbocycles. The Hall–Kier alpha value is -2.90. The average molecular weight is 435 g/mol. The number of aryl methyl sites for hydroxylation is 1. The van der Waals surface area contributed by atoms with E-state index < -0.39 is 0 Å². The lowest BCUT2D eigenvalue weighted by atomic mass is 10.2. The molecule has 0 spiro atoms. The highest BCUT2D eigenvalue weighted by atomic mass is 32.2. The van der Waals surface area contributed by atoms with Gasteiger partial charge in [0, 0.05) is 24.8 Å². The number of carbonyl (C=O) groups excluding carboxylic acids is 1. The lowest BCUT2D eigenvalue weighted by Gasteiger charge is -2.16. The Bertz CT molecular complexity index is 1110. The van der Waals surface area contributed by atoms with Crippen LogP contribution in [0.15, 0.2) is 76.6 Å². The molecule has 0 aliphatic heterocycles. The van der Waals surface area contributed by atoms with Gasteiger partial charge in [0.1, 0.15) is 0 Å². The van der Waals surface area contributed by atoms with E-state index in [1.807, 2.05) is 53.4 Å². The third-order valence-electron chi connectivity index (χ3n) is 4.71. The molecule has 5 nitrogen and oxygen atoms in total. The van der Waals surface area contributed by atoms with Gasteiger partial charge in [0.05, 0.1) is 5.75 Å². The molecule has 2 aromatic heterocycles. The van der Waals surface area contributed by atoms with Crippen LogP contribution in [-0.2, 0) is 11.3 Å². The molecule has 0 N–H and O–H groups in total. The number of aromatic nitrogens is 3. The van der Waals surface area contributed by atoms with Gasteiger partial charge in [-0.1, -0.05) is 59.8 Å². The Morgan fingerprint density at radius 2 is 1.83 bits per heavy atom. The highest BCUT2D eigenvalue weighted by Gasteiger charge is 2.18. The summed E-state index contributed by atoms with van der Waals surface area (Å²) in [5.41, 5.74) is 4.30. The van der Waals surface area contributed by atoms with Gasteiger partial charge in [0.2, 0.25) is 5.91 Å². The van der Waals surface area contributed by atoms with E-state index in [-0.39, 0.29) is 5.91 Å². The first-order valence-electron chi connectivity index (χ1n) is 9.57. The molecule has 0 radical (unpaired) electrons. The second-order valence-corrected chi connectivity index (χ2v) is 8.74. The zero-order valence-corrected chi connectivity index (χ0v) is 18.5. The lowest BCUT2D eigenvalue weighted by molar-refractivity contribution is -0.127. The van der Waals surface area contributed by atoms with Crippen LogP contribution < -0.4 is 0 Å². The number of hydrogen-bond acceptors (Lipinski definition) is 5. The van der Waals surface area contributed by atoms with Gasteiger partial charge in [-0.05, 0) is 41.4 Å². The molecule has 0 saturated carbocycles. The summed E-state index contributed by atoms with van der Waals surface area (Å²) < 4.78 is 2.02. The van der Waals surface area contributed by atoms with Crippen LogP contribution in [-0.4, -0.2) is 38.4 Å². The van der Waals surface area contributed by atoms with Crippen molar-refractivity contribution in [1.82, 2.24) is 19.7 Å². The molecule has 4 aromatic rings. The van der Waals surface area contributed by atoms with Gasteiger partial charge in [-0.2, -0.15) is 11.3 Å². The van der Waals surface area contributed by atoms with Crippen LogP contribution in [0, 0.1) is 6.92 Å². The molecule has 30 heavy (non-hydrogen) atoms. The highest BCUT2D eigenvalue weighted by molar-refractivity contribution is 7.99. The van der Waals surface area contributed by atoms with E-state index in [9.17, 15) is 4.79 Å². The van der Waals surface area contributed by atoms with Crippen molar-refractivity contribution in [3.63, 3.8) is 0 Å². The first kappa shape index (κ1) is 20.4. The number of thioether (sulfide) groups is 1. The molecular weight excluding hydrogens is 412 g/mol. The summed E-state index contributed by atoms with van der Waals surface area (Å²) in [4.78, 5) is 14.4. The summed E-state index contributed by atoms with van der Waals surface area (Å²) in [7, 11) is 1.83. The molecule has 0 aliphatic rings. The molecule has 2 heterocycles. The van der Waals surface area contributed by atoms with Crippen molar-refractivity contribution >= 4 is 29.0 Å². The van der Waals surface area contributed by atoms with Crippen LogP contribution in [0.2, 0.25) is 0 Å². The standard InChI is InChI=1S/C23H22N4OS2/c1-17-8-10-20(11-9-17)27-22(19-6-4-3-5-7-19)24-25-23(27)30-16-21(28)26(2)14-18-12-13-29-15-18/h3-13,15H,14,16H2,1-2H3. The van der Waals surface area contributed by atoms with E-state index >= 15 is 0 Å². The van der Waals surface area contributed by atoms with Gasteiger partial charge in [0.25, 0.3) is 0 Å². The van der Waals surface area contributed by atoms with Crippen molar-refractivity contribution in [3.8, 4) is 17.1 Å². The predicted octanol–water partition coefficient (Wildman–Crippen LogP) is 5.05. The second kappa shape index (κ2) is 9.28. The Balaban J connectivity index is 1.57. The fourth-order valence-corrected chi connectivity index (χ4v) is 4.60. The van der Waals surface area contributed by atoms with Crippen LogP contribution >= 0.6 is 23.1 Å². The van der Waals surface area contributed by atoms with Crippen molar-refractivity contribution in [3.05, 3.63) is 82.6 Å². The zero-order chi connectivity index (χ0) is 20.9. The first-order chi connectivity index (χ1) is 14.6. The van der Waals surface area contributed by atoms with Crippen LogP contribution in [0.3, 0.4) is 0 Å². The van der Waals surface area contributed by atoms with Gasteiger partial charge in [0.15, 0.2) is 11.0 Å². The van der Waals surface area contributed by atoms with E-state index in [2.05, 4.69) is 46.8 Å². The lowest BCUT2D eigenvalue weighted by Crippen LogP contribution is -2.27. The van der Waals surface area contributed by atoms with E-state index in [0.29, 0.717) is 17.5 Å². The first-order valence-corrected chi connectivity index (χ1v) is 11.5. The van der Waals surface area contributed by atoms with Crippen LogP contribution in [0.4, 0.5) is 0 Å². The number of carbonyl (C=O) groups is 1. The number of nitrogens with zero attached hydrogens (tertiary/aromatic N) is 4. The predicted molar refractivity (Wildman–Crippen MR) is 123 cm³/mol. The van der Waals surface area contributed by atoms with Crippen LogP contribution in [0.25, 0.3) is 17.1 Å². The SMILES string of the molecule is Cc1ccc(-n2c(SCC(=O)N(C)Cc3ccsc3)nnc2-c2ccccc2)cc1. The number of benzene rings is 2. The summed E-state index contributed by atoms with van der Waals surface area (Å²) in [5.74, 6) is 1.13. The molecule has 0 unspecified atom stereocenters. The maximum Gasteiger partial charge on any atom is 0.233 e. The third-order valence-corrected chi connectivity index (χ3v) is 6.35. The monoisotopic (exact) mass is 434 g/mol. The molecule has 0 saturated heterocycles. The smallest absolute Gasteiger partial charge is 0.233 e. The molecule has 2 aromatic carbocycles. The summed E-state index contributed by atoms with van der Waals surface area (Å²) >= 11 is 3.05. The number of hydrogen-bond donors (Lipinski definition) is 0. The second-order valence-electron chi connectivity index (χ2n) is 7.01. The molecule has 0 fully saturated rings. The van der Waals surface area contributed by atoms with Crippen LogP contribution in [0.5, 0.6) is 0 Å². The average Bonchev–Trinajstić information content (AvgIpc) is 3.43. The molecule has 1 amide bonds. The number of amides is 1. The molecule has 4 rings (SSSR count). The largest absolute Gasteiger partial charge is 0.341 e. The third kappa shape index (κ3) is 4.63. The Labute approximate surface area is 184 Å². The van der Waals surface area contributed by atoms with Gasteiger partial charge >= 0.3 is 0 Å². The quantitative estimate of drug-likeness (QED) is 0.382. The van der Waals surface area contributed by atoms with Crippen molar-refractivity contribution in [2.24, 2.45) is 0 Å². The van der Waals surface area contributed by atoms with Crippen molar-refractivity contribution in [2.75, 3.05) is 12.8 Å². The molecule has 152 valence electrons. The van der Waals surface area contributed by atoms with E-state index in [1.165, 1.54) is 17.3 Å². The van der Waals surface area contributed by atoms with Gasteiger partial charge < -0.3 is 4.90 Å². The Morgan fingerprint density at radius 1 is 1.07 bits per heavy atom. The van der Waals surface area contributed by atoms with Crippen molar-refractivity contribution in [2.45, 2.75) is 18.6 Å². The summed E-state index contributed by atoms with van der Waals surface area (Å²) in [6, 6.07) is 20.3. The minimum atomic E-state index is 0.0610. The fourth-order valence-electron chi connectivity index (χ4n) is 3.05. The minimum absolute atomic E-state index is 0.0610. The topological polar surface area (TPSA) is 51.0 Å². The highest BCUT2D eigenvalue weighted by Crippen LogP contribution is 2.28. The van der Waals surface area contributed by atoms with E-state index in [4.69, 9.17) is 0 Å². The Kier molecular flexibility index (Phi) is 6.30. The van der Waals surface area contributed by atoms with E-state index in [1.54, 1.807) is 16.2 Å². The van der Waals surface area contributed by atoms with Gasteiger partial charge in [-0.15, -0.1) is 10.2 Å². The molecule has 7 heteroatoms. The Morgan fingerprint density at radius 3 is 2.53 bits per heavy atom. The maximum atomic E-state index is 12.7. The van der Waals surface area contributed by atoms with E-state index in [0.717, 1.165) is 22.6 Å². The molecule has 0 atom stereocenters. The molecular formula is C23H22N4OS2. The van der Waals surface area contributed by atoms with Crippen LogP contribution in [0.1, 0.15) is 11.1 Å².